The van der Waals surface area contributed by atoms with E-state index < -0.39 is 10.0 Å². The summed E-state index contributed by atoms with van der Waals surface area (Å²) in [5.74, 6) is 0.478. The monoisotopic (exact) mass is 255 g/mol. The third kappa shape index (κ3) is 2.58. The highest BCUT2D eigenvalue weighted by Gasteiger charge is 2.31. The van der Waals surface area contributed by atoms with Crippen LogP contribution in [-0.2, 0) is 10.0 Å². The van der Waals surface area contributed by atoms with Crippen LogP contribution in [-0.4, -0.2) is 38.8 Å². The van der Waals surface area contributed by atoms with Crippen molar-refractivity contribution in [2.24, 2.45) is 0 Å². The van der Waals surface area contributed by atoms with Crippen LogP contribution in [0.1, 0.15) is 12.8 Å². The van der Waals surface area contributed by atoms with Crippen molar-refractivity contribution < 1.29 is 8.42 Å². The number of hydrogen-bond donors (Lipinski definition) is 1. The Morgan fingerprint density at radius 1 is 1.35 bits per heavy atom. The number of aromatic nitrogens is 1. The topological polar surface area (TPSA) is 62.3 Å². The van der Waals surface area contributed by atoms with Gasteiger partial charge in [-0.1, -0.05) is 6.07 Å². The lowest BCUT2D eigenvalue weighted by atomic mass is 10.2. The van der Waals surface area contributed by atoms with E-state index in [1.807, 2.05) is 0 Å². The lowest BCUT2D eigenvalue weighted by Gasteiger charge is -2.28. The van der Waals surface area contributed by atoms with Gasteiger partial charge in [0.25, 0.3) is 0 Å². The second-order valence-electron chi connectivity index (χ2n) is 4.15. The van der Waals surface area contributed by atoms with E-state index in [4.69, 9.17) is 0 Å². The molecule has 0 amide bonds. The number of rotatable bonds is 3. The van der Waals surface area contributed by atoms with Crippen LogP contribution in [0.5, 0.6) is 0 Å². The number of nitrogens with one attached hydrogen (secondary N) is 1. The molecule has 1 aromatic rings. The SMILES string of the molecule is CN(c1ccccn1)S(=O)(=O)C1CCNCC1. The fourth-order valence-corrected chi connectivity index (χ4v) is 3.63. The molecule has 1 saturated heterocycles. The number of hydrogen-bond acceptors (Lipinski definition) is 4. The number of sulfonamides is 1. The summed E-state index contributed by atoms with van der Waals surface area (Å²) >= 11 is 0. The molecule has 17 heavy (non-hydrogen) atoms. The molecule has 0 spiro atoms. The molecule has 0 radical (unpaired) electrons. The molecular formula is C11H17N3O2S. The molecule has 1 aliphatic heterocycles. The molecule has 94 valence electrons. The summed E-state index contributed by atoms with van der Waals surface area (Å²) in [5, 5.41) is 2.87. The van der Waals surface area contributed by atoms with Crippen molar-refractivity contribution in [3.63, 3.8) is 0 Å². The van der Waals surface area contributed by atoms with Gasteiger partial charge < -0.3 is 5.32 Å². The van der Waals surface area contributed by atoms with Gasteiger partial charge in [-0.25, -0.2) is 13.4 Å². The first kappa shape index (κ1) is 12.3. The van der Waals surface area contributed by atoms with E-state index in [2.05, 4.69) is 10.3 Å². The zero-order valence-electron chi connectivity index (χ0n) is 9.83. The Labute approximate surface area is 102 Å². The van der Waals surface area contributed by atoms with Crippen LogP contribution >= 0.6 is 0 Å². The molecule has 2 rings (SSSR count). The van der Waals surface area contributed by atoms with Gasteiger partial charge in [0.2, 0.25) is 10.0 Å². The molecule has 2 heterocycles. The predicted octanol–water partition coefficient (Wildman–Crippen LogP) is 0.600. The maximum Gasteiger partial charge on any atom is 0.239 e. The molecule has 0 aromatic carbocycles. The van der Waals surface area contributed by atoms with E-state index in [9.17, 15) is 8.42 Å². The second-order valence-corrected chi connectivity index (χ2v) is 6.39. The maximum absolute atomic E-state index is 12.3. The van der Waals surface area contributed by atoms with Gasteiger partial charge in [-0.2, -0.15) is 0 Å². The average Bonchev–Trinajstić information content (AvgIpc) is 2.40. The van der Waals surface area contributed by atoms with E-state index in [0.29, 0.717) is 18.7 Å². The van der Waals surface area contributed by atoms with Crippen LogP contribution in [0.25, 0.3) is 0 Å². The Morgan fingerprint density at radius 2 is 2.06 bits per heavy atom. The lowest BCUT2D eigenvalue weighted by Crippen LogP contribution is -2.42. The second kappa shape index (κ2) is 5.01. The number of anilines is 1. The minimum Gasteiger partial charge on any atom is -0.317 e. The third-order valence-corrected chi connectivity index (χ3v) is 5.33. The Bertz CT molecular complexity index is 455. The first-order valence-electron chi connectivity index (χ1n) is 5.72. The average molecular weight is 255 g/mol. The Hall–Kier alpha value is -1.14. The summed E-state index contributed by atoms with van der Waals surface area (Å²) in [5.41, 5.74) is 0. The van der Waals surface area contributed by atoms with Crippen molar-refractivity contribution >= 4 is 15.8 Å². The van der Waals surface area contributed by atoms with Crippen molar-refractivity contribution in [1.29, 1.82) is 0 Å². The van der Waals surface area contributed by atoms with Crippen molar-refractivity contribution in [3.05, 3.63) is 24.4 Å². The van der Waals surface area contributed by atoms with E-state index in [1.54, 1.807) is 31.4 Å². The maximum atomic E-state index is 12.3. The quantitative estimate of drug-likeness (QED) is 0.859. The molecule has 1 aromatic heterocycles. The Morgan fingerprint density at radius 3 is 2.65 bits per heavy atom. The largest absolute Gasteiger partial charge is 0.317 e. The van der Waals surface area contributed by atoms with Gasteiger partial charge in [0.1, 0.15) is 5.82 Å². The fraction of sp³-hybridized carbons (Fsp3) is 0.545. The minimum atomic E-state index is -3.28. The number of piperidine rings is 1. The molecule has 0 unspecified atom stereocenters. The van der Waals surface area contributed by atoms with Crippen LogP contribution in [0.3, 0.4) is 0 Å². The van der Waals surface area contributed by atoms with Crippen molar-refractivity contribution in [1.82, 2.24) is 10.3 Å². The van der Waals surface area contributed by atoms with E-state index >= 15 is 0 Å². The van der Waals surface area contributed by atoms with E-state index in [1.165, 1.54) is 4.31 Å². The molecule has 1 aliphatic rings. The molecule has 0 aliphatic carbocycles. The van der Waals surface area contributed by atoms with Gasteiger partial charge in [-0.15, -0.1) is 0 Å². The van der Waals surface area contributed by atoms with Crippen LogP contribution in [0.4, 0.5) is 5.82 Å². The molecule has 0 atom stereocenters. The molecule has 1 N–H and O–H groups in total. The van der Waals surface area contributed by atoms with Gasteiger partial charge >= 0.3 is 0 Å². The third-order valence-electron chi connectivity index (χ3n) is 3.06. The summed E-state index contributed by atoms with van der Waals surface area (Å²) in [6, 6.07) is 5.27. The van der Waals surface area contributed by atoms with Crippen LogP contribution in [0.15, 0.2) is 24.4 Å². The molecule has 5 nitrogen and oxygen atoms in total. The van der Waals surface area contributed by atoms with Gasteiger partial charge in [-0.05, 0) is 38.1 Å². The smallest absolute Gasteiger partial charge is 0.239 e. The first-order valence-corrected chi connectivity index (χ1v) is 7.22. The Kier molecular flexibility index (Phi) is 3.63. The highest BCUT2D eigenvalue weighted by atomic mass is 32.2. The normalized spacial score (nSPS) is 17.9. The van der Waals surface area contributed by atoms with Gasteiger partial charge in [0.15, 0.2) is 0 Å². The van der Waals surface area contributed by atoms with Gasteiger partial charge in [0, 0.05) is 13.2 Å². The number of pyridine rings is 1. The van der Waals surface area contributed by atoms with Crippen molar-refractivity contribution in [2.75, 3.05) is 24.4 Å². The zero-order valence-corrected chi connectivity index (χ0v) is 10.7. The summed E-state index contributed by atoms with van der Waals surface area (Å²) < 4.78 is 26.0. The van der Waals surface area contributed by atoms with Gasteiger partial charge in [0.05, 0.1) is 5.25 Å². The standard InChI is InChI=1S/C11H17N3O2S/c1-14(11-4-2-3-7-13-11)17(15,16)10-5-8-12-9-6-10/h2-4,7,10,12H,5-6,8-9H2,1H3. The zero-order chi connectivity index (χ0) is 12.3. The summed E-state index contributed by atoms with van der Waals surface area (Å²) in [7, 11) is -1.72. The summed E-state index contributed by atoms with van der Waals surface area (Å²) in [6.07, 6.45) is 2.93. The van der Waals surface area contributed by atoms with Crippen molar-refractivity contribution in [2.45, 2.75) is 18.1 Å². The summed E-state index contributed by atoms with van der Waals surface area (Å²) in [6.45, 7) is 1.53. The van der Waals surface area contributed by atoms with E-state index in [-0.39, 0.29) is 5.25 Å². The predicted molar refractivity (Wildman–Crippen MR) is 67.5 cm³/mol. The highest BCUT2D eigenvalue weighted by molar-refractivity contribution is 7.93. The van der Waals surface area contributed by atoms with E-state index in [0.717, 1.165) is 13.1 Å². The van der Waals surface area contributed by atoms with Crippen LogP contribution < -0.4 is 9.62 Å². The molecule has 6 heteroatoms. The van der Waals surface area contributed by atoms with Crippen LogP contribution in [0.2, 0.25) is 0 Å². The van der Waals surface area contributed by atoms with Crippen LogP contribution in [0, 0.1) is 0 Å². The lowest BCUT2D eigenvalue weighted by molar-refractivity contribution is 0.495. The first-order chi connectivity index (χ1) is 8.12. The fourth-order valence-electron chi connectivity index (χ4n) is 1.99. The minimum absolute atomic E-state index is 0.296. The molecule has 0 saturated carbocycles. The summed E-state index contributed by atoms with van der Waals surface area (Å²) in [4.78, 5) is 4.07. The molecule has 0 bridgehead atoms. The van der Waals surface area contributed by atoms with Crippen molar-refractivity contribution in [3.8, 4) is 0 Å². The molecule has 1 fully saturated rings. The molecular weight excluding hydrogens is 238 g/mol. The van der Waals surface area contributed by atoms with Gasteiger partial charge in [-0.3, -0.25) is 4.31 Å². The number of nitrogens with zero attached hydrogens (tertiary/aromatic N) is 2. The Balaban J connectivity index is 2.20. The highest BCUT2D eigenvalue weighted by Crippen LogP contribution is 2.20.